The number of benzene rings is 2. The smallest absolute Gasteiger partial charge is 0.338 e. The lowest BCUT2D eigenvalue weighted by atomic mass is 10.2. The van der Waals surface area contributed by atoms with Gasteiger partial charge in [0.1, 0.15) is 6.61 Å². The fourth-order valence-corrected chi connectivity index (χ4v) is 3.59. The van der Waals surface area contributed by atoms with E-state index in [1.165, 1.54) is 23.2 Å². The van der Waals surface area contributed by atoms with Crippen molar-refractivity contribution in [1.29, 1.82) is 0 Å². The topological polar surface area (TPSA) is 78.0 Å². The molecule has 0 unspecified atom stereocenters. The van der Waals surface area contributed by atoms with Crippen LogP contribution >= 0.6 is 11.3 Å². The minimum absolute atomic E-state index is 0.00428. The third-order valence-electron chi connectivity index (χ3n) is 4.02. The predicted octanol–water partition coefficient (Wildman–Crippen LogP) is 3.91. The Morgan fingerprint density at radius 3 is 2.71 bits per heavy atom. The van der Waals surface area contributed by atoms with E-state index >= 15 is 0 Å². The molecular formula is C20H16N2O5S. The standard InChI is InChI=1S/C20H16N2O5S/c1-13(23)22(16-5-3-2-4-6-16)20-21-15(11-28-20)10-25-19(24)14-7-8-17-18(9-14)27-12-26-17/h2-9,11H,10,12H2,1H3. The molecule has 1 aliphatic rings. The summed E-state index contributed by atoms with van der Waals surface area (Å²) in [5, 5.41) is 2.29. The second-order valence-electron chi connectivity index (χ2n) is 5.96. The lowest BCUT2D eigenvalue weighted by Gasteiger charge is -2.17. The summed E-state index contributed by atoms with van der Waals surface area (Å²) in [6, 6.07) is 14.1. The van der Waals surface area contributed by atoms with Crippen LogP contribution in [0.5, 0.6) is 11.5 Å². The largest absolute Gasteiger partial charge is 0.456 e. The number of nitrogens with zero attached hydrogens (tertiary/aromatic N) is 2. The van der Waals surface area contributed by atoms with Crippen LogP contribution in [0.1, 0.15) is 23.0 Å². The van der Waals surface area contributed by atoms with Gasteiger partial charge in [0.15, 0.2) is 16.6 Å². The zero-order valence-corrected chi connectivity index (χ0v) is 15.8. The molecule has 7 nitrogen and oxygen atoms in total. The monoisotopic (exact) mass is 396 g/mol. The lowest BCUT2D eigenvalue weighted by Crippen LogP contribution is -2.22. The first-order valence-corrected chi connectivity index (χ1v) is 9.37. The fraction of sp³-hybridized carbons (Fsp3) is 0.150. The van der Waals surface area contributed by atoms with Crippen LogP contribution in [0.25, 0.3) is 0 Å². The van der Waals surface area contributed by atoms with E-state index in [1.54, 1.807) is 23.6 Å². The number of hydrogen-bond donors (Lipinski definition) is 0. The molecule has 142 valence electrons. The van der Waals surface area contributed by atoms with Crippen molar-refractivity contribution in [2.45, 2.75) is 13.5 Å². The van der Waals surface area contributed by atoms with Crippen molar-refractivity contribution in [3.63, 3.8) is 0 Å². The van der Waals surface area contributed by atoms with E-state index in [0.717, 1.165) is 5.69 Å². The Balaban J connectivity index is 1.44. The molecule has 2 aromatic carbocycles. The van der Waals surface area contributed by atoms with Crippen molar-refractivity contribution in [3.8, 4) is 11.5 Å². The fourth-order valence-electron chi connectivity index (χ4n) is 2.72. The summed E-state index contributed by atoms with van der Waals surface area (Å²) in [7, 11) is 0. The minimum atomic E-state index is -0.487. The highest BCUT2D eigenvalue weighted by Crippen LogP contribution is 2.33. The van der Waals surface area contributed by atoms with Gasteiger partial charge in [0.05, 0.1) is 16.9 Å². The van der Waals surface area contributed by atoms with Gasteiger partial charge in [-0.3, -0.25) is 9.69 Å². The Bertz CT molecular complexity index is 1020. The maximum absolute atomic E-state index is 12.3. The number of fused-ring (bicyclic) bond motifs is 1. The zero-order chi connectivity index (χ0) is 19.5. The summed E-state index contributed by atoms with van der Waals surface area (Å²) in [5.41, 5.74) is 1.67. The average molecular weight is 396 g/mol. The first-order valence-electron chi connectivity index (χ1n) is 8.49. The number of ether oxygens (including phenoxy) is 3. The van der Waals surface area contributed by atoms with Gasteiger partial charge in [-0.25, -0.2) is 9.78 Å². The number of rotatable bonds is 5. The molecule has 1 aliphatic heterocycles. The van der Waals surface area contributed by atoms with E-state index in [1.807, 2.05) is 30.3 Å². The number of anilines is 2. The van der Waals surface area contributed by atoms with Crippen LogP contribution in [-0.4, -0.2) is 23.7 Å². The molecule has 28 heavy (non-hydrogen) atoms. The first kappa shape index (κ1) is 18.0. The molecule has 0 aliphatic carbocycles. The van der Waals surface area contributed by atoms with Gasteiger partial charge in [-0.05, 0) is 30.3 Å². The van der Waals surface area contributed by atoms with Crippen LogP contribution in [0.3, 0.4) is 0 Å². The zero-order valence-electron chi connectivity index (χ0n) is 15.0. The number of para-hydroxylation sites is 1. The third kappa shape index (κ3) is 3.67. The molecule has 4 rings (SSSR count). The van der Waals surface area contributed by atoms with Crippen molar-refractivity contribution < 1.29 is 23.8 Å². The SMILES string of the molecule is CC(=O)N(c1ccccc1)c1nc(COC(=O)c2ccc3c(c2)OCO3)cs1. The number of hydrogen-bond acceptors (Lipinski definition) is 7. The van der Waals surface area contributed by atoms with Gasteiger partial charge in [0.25, 0.3) is 0 Å². The van der Waals surface area contributed by atoms with Crippen molar-refractivity contribution in [2.75, 3.05) is 11.7 Å². The Morgan fingerprint density at radius 1 is 1.14 bits per heavy atom. The van der Waals surface area contributed by atoms with Crippen LogP contribution in [-0.2, 0) is 16.1 Å². The summed E-state index contributed by atoms with van der Waals surface area (Å²) in [6.07, 6.45) is 0. The highest BCUT2D eigenvalue weighted by atomic mass is 32.1. The molecule has 0 radical (unpaired) electrons. The van der Waals surface area contributed by atoms with E-state index in [4.69, 9.17) is 14.2 Å². The van der Waals surface area contributed by atoms with Crippen LogP contribution in [0, 0.1) is 0 Å². The van der Waals surface area contributed by atoms with Gasteiger partial charge in [-0.15, -0.1) is 11.3 Å². The van der Waals surface area contributed by atoms with Crippen molar-refractivity contribution in [1.82, 2.24) is 4.98 Å². The van der Waals surface area contributed by atoms with Crippen molar-refractivity contribution in [3.05, 3.63) is 65.2 Å². The molecule has 1 aromatic heterocycles. The summed E-state index contributed by atoms with van der Waals surface area (Å²) in [5.74, 6) is 0.486. The third-order valence-corrected chi connectivity index (χ3v) is 4.89. The predicted molar refractivity (Wildman–Crippen MR) is 103 cm³/mol. The second-order valence-corrected chi connectivity index (χ2v) is 6.79. The quantitative estimate of drug-likeness (QED) is 0.609. The first-order chi connectivity index (χ1) is 13.6. The Kier molecular flexibility index (Phi) is 4.94. The molecule has 0 atom stereocenters. The van der Waals surface area contributed by atoms with Gasteiger partial charge in [-0.2, -0.15) is 0 Å². The maximum atomic E-state index is 12.3. The minimum Gasteiger partial charge on any atom is -0.456 e. The summed E-state index contributed by atoms with van der Waals surface area (Å²) in [4.78, 5) is 30.3. The van der Waals surface area contributed by atoms with Crippen LogP contribution in [0.2, 0.25) is 0 Å². The molecule has 0 N–H and O–H groups in total. The average Bonchev–Trinajstić information content (AvgIpc) is 3.35. The Labute approximate surface area is 165 Å². The van der Waals surface area contributed by atoms with Crippen LogP contribution in [0.15, 0.2) is 53.9 Å². The number of carbonyl (C=O) groups excluding carboxylic acids is 2. The molecule has 3 aromatic rings. The highest BCUT2D eigenvalue weighted by molar-refractivity contribution is 7.14. The molecule has 8 heteroatoms. The lowest BCUT2D eigenvalue weighted by molar-refractivity contribution is -0.115. The summed E-state index contributed by atoms with van der Waals surface area (Å²) in [6.45, 7) is 1.63. The molecule has 0 spiro atoms. The van der Waals surface area contributed by atoms with Crippen LogP contribution in [0.4, 0.5) is 10.8 Å². The molecule has 1 amide bonds. The van der Waals surface area contributed by atoms with Gasteiger partial charge in [0, 0.05) is 12.3 Å². The normalized spacial score (nSPS) is 11.9. The van der Waals surface area contributed by atoms with Gasteiger partial charge in [-0.1, -0.05) is 18.2 Å². The van der Waals surface area contributed by atoms with E-state index in [9.17, 15) is 9.59 Å². The van der Waals surface area contributed by atoms with Crippen molar-refractivity contribution >= 4 is 34.0 Å². The molecule has 2 heterocycles. The molecule has 0 saturated carbocycles. The van der Waals surface area contributed by atoms with Crippen LogP contribution < -0.4 is 14.4 Å². The highest BCUT2D eigenvalue weighted by Gasteiger charge is 2.19. The number of esters is 1. The van der Waals surface area contributed by atoms with Gasteiger partial charge >= 0.3 is 5.97 Å². The molecule has 0 fully saturated rings. The number of amides is 1. The maximum Gasteiger partial charge on any atom is 0.338 e. The van der Waals surface area contributed by atoms with Gasteiger partial charge < -0.3 is 14.2 Å². The number of thiazole rings is 1. The van der Waals surface area contributed by atoms with E-state index < -0.39 is 5.97 Å². The van der Waals surface area contributed by atoms with Gasteiger partial charge in [0.2, 0.25) is 12.7 Å². The summed E-state index contributed by atoms with van der Waals surface area (Å²) < 4.78 is 15.8. The van der Waals surface area contributed by atoms with E-state index in [2.05, 4.69) is 4.98 Å². The molecule has 0 saturated heterocycles. The number of aromatic nitrogens is 1. The Hall–Kier alpha value is -3.39. The van der Waals surface area contributed by atoms with E-state index in [-0.39, 0.29) is 19.3 Å². The van der Waals surface area contributed by atoms with E-state index in [0.29, 0.717) is 27.9 Å². The molecular weight excluding hydrogens is 380 g/mol. The second kappa shape index (κ2) is 7.69. The number of carbonyl (C=O) groups is 2. The van der Waals surface area contributed by atoms with Crippen molar-refractivity contribution in [2.24, 2.45) is 0 Å². The Morgan fingerprint density at radius 2 is 1.93 bits per heavy atom. The molecule has 0 bridgehead atoms. The summed E-state index contributed by atoms with van der Waals surface area (Å²) >= 11 is 1.31.